The molecule has 0 fully saturated rings. The van der Waals surface area contributed by atoms with Crippen molar-refractivity contribution in [2.45, 2.75) is 27.3 Å². The third-order valence-electron chi connectivity index (χ3n) is 6.42. The summed E-state index contributed by atoms with van der Waals surface area (Å²) in [5.74, 6) is 0.901. The third kappa shape index (κ3) is 6.60. The molecule has 9 heteroatoms. The first-order chi connectivity index (χ1) is 18.4. The zero-order valence-electron chi connectivity index (χ0n) is 22.0. The van der Waals surface area contributed by atoms with Crippen molar-refractivity contribution in [3.05, 3.63) is 77.2 Å². The zero-order valence-corrected chi connectivity index (χ0v) is 22.0. The smallest absolute Gasteiger partial charge is 0.287 e. The predicted octanol–water partition coefficient (Wildman–Crippen LogP) is 3.85. The van der Waals surface area contributed by atoms with E-state index in [4.69, 9.17) is 13.9 Å². The van der Waals surface area contributed by atoms with E-state index in [1.54, 1.807) is 30.3 Å². The summed E-state index contributed by atoms with van der Waals surface area (Å²) in [4.78, 5) is 41.8. The number of aryl methyl sites for hydroxylation is 1. The second-order valence-corrected chi connectivity index (χ2v) is 9.02. The highest BCUT2D eigenvalue weighted by atomic mass is 16.5. The Bertz CT molecular complexity index is 1280. The number of fused-ring (bicyclic) bond motifs is 1. The van der Waals surface area contributed by atoms with Gasteiger partial charge in [0.2, 0.25) is 0 Å². The van der Waals surface area contributed by atoms with Crippen molar-refractivity contribution in [3.63, 3.8) is 0 Å². The average molecular weight is 520 g/mol. The van der Waals surface area contributed by atoms with Gasteiger partial charge in [0.25, 0.3) is 11.8 Å². The normalized spacial score (nSPS) is 12.7. The first kappa shape index (κ1) is 26.9. The van der Waals surface area contributed by atoms with Crippen LogP contribution in [0, 0.1) is 6.92 Å². The number of benzene rings is 2. The van der Waals surface area contributed by atoms with E-state index in [-0.39, 0.29) is 43.1 Å². The van der Waals surface area contributed by atoms with E-state index in [2.05, 4.69) is 24.1 Å². The Balaban J connectivity index is 1.42. The topological polar surface area (TPSA) is 101 Å². The fourth-order valence-electron chi connectivity index (χ4n) is 4.11. The number of Topliss-reactive ketones (excluding diaryl/α,β-unsaturated/α-hetero) is 1. The molecule has 0 bridgehead atoms. The molecule has 0 radical (unpaired) electrons. The van der Waals surface area contributed by atoms with Crippen LogP contribution in [0.1, 0.15) is 46.1 Å². The first-order valence-corrected chi connectivity index (χ1v) is 12.8. The molecule has 0 spiro atoms. The summed E-state index contributed by atoms with van der Waals surface area (Å²) in [6.07, 6.45) is 0. The highest BCUT2D eigenvalue weighted by molar-refractivity contribution is 6.02. The minimum Gasteiger partial charge on any atom is -0.485 e. The summed E-state index contributed by atoms with van der Waals surface area (Å²) in [7, 11) is 0. The maximum atomic E-state index is 12.8. The van der Waals surface area contributed by atoms with Gasteiger partial charge in [-0.05, 0) is 62.5 Å². The van der Waals surface area contributed by atoms with E-state index < -0.39 is 0 Å². The Morgan fingerprint density at radius 2 is 1.82 bits per heavy atom. The van der Waals surface area contributed by atoms with Crippen molar-refractivity contribution in [2.24, 2.45) is 0 Å². The van der Waals surface area contributed by atoms with Crippen molar-refractivity contribution in [1.82, 2.24) is 10.2 Å². The number of furan rings is 1. The Kier molecular flexibility index (Phi) is 8.81. The van der Waals surface area contributed by atoms with Crippen molar-refractivity contribution in [2.75, 3.05) is 44.3 Å². The zero-order chi connectivity index (χ0) is 27.1. The number of likely N-dealkylation sites (N-methyl/N-ethyl adjacent to an activating group) is 1. The Hall–Kier alpha value is -4.11. The van der Waals surface area contributed by atoms with Crippen LogP contribution >= 0.6 is 0 Å². The summed E-state index contributed by atoms with van der Waals surface area (Å²) >= 11 is 0. The number of carbonyl (C=O) groups excluding carboxylic acids is 3. The number of nitrogens with one attached hydrogen (secondary N) is 1. The molecule has 0 aliphatic carbocycles. The molecular weight excluding hydrogens is 486 g/mol. The van der Waals surface area contributed by atoms with Crippen molar-refractivity contribution in [3.8, 4) is 11.5 Å². The minimum atomic E-state index is -0.307. The molecule has 4 rings (SSSR count). The Labute approximate surface area is 222 Å². The number of ether oxygens (including phenoxy) is 2. The number of nitrogens with zero attached hydrogens (tertiary/aromatic N) is 2. The lowest BCUT2D eigenvalue weighted by Gasteiger charge is -2.29. The summed E-state index contributed by atoms with van der Waals surface area (Å²) in [6.45, 7) is 9.05. The van der Waals surface area contributed by atoms with E-state index in [1.165, 1.54) is 4.90 Å². The standard InChI is InChI=1S/C29H33N3O6/c1-4-31(5-2)15-14-30-29(35)27-13-11-23(38-27)17-32-24-16-21(8-12-26(24)37-19-28(32)34)25(33)18-36-22-9-6-20(3)7-10-22/h6-13,16H,4-5,14-15,17-19H2,1-3H3,(H,30,35). The van der Waals surface area contributed by atoms with Crippen LogP contribution in [-0.2, 0) is 11.3 Å². The SMILES string of the molecule is CCN(CC)CCNC(=O)c1ccc(CN2C(=O)COc3ccc(C(=O)COc4ccc(C)cc4)cc32)o1. The number of carbonyl (C=O) groups is 3. The lowest BCUT2D eigenvalue weighted by molar-refractivity contribution is -0.121. The van der Waals surface area contributed by atoms with E-state index in [1.807, 2.05) is 31.2 Å². The molecule has 2 aromatic carbocycles. The van der Waals surface area contributed by atoms with E-state index in [9.17, 15) is 14.4 Å². The lowest BCUT2D eigenvalue weighted by atomic mass is 10.1. The molecule has 1 aliphatic heterocycles. The molecule has 0 saturated carbocycles. The van der Waals surface area contributed by atoms with Gasteiger partial charge in [-0.15, -0.1) is 0 Å². The van der Waals surface area contributed by atoms with Crippen LogP contribution in [0.3, 0.4) is 0 Å². The molecular formula is C29H33N3O6. The summed E-state index contributed by atoms with van der Waals surface area (Å²) in [5.41, 5.74) is 1.96. The highest BCUT2D eigenvalue weighted by Gasteiger charge is 2.28. The first-order valence-electron chi connectivity index (χ1n) is 12.8. The van der Waals surface area contributed by atoms with Gasteiger partial charge in [-0.1, -0.05) is 31.5 Å². The number of rotatable bonds is 12. The van der Waals surface area contributed by atoms with Gasteiger partial charge in [-0.3, -0.25) is 19.3 Å². The highest BCUT2D eigenvalue weighted by Crippen LogP contribution is 2.34. The summed E-state index contributed by atoms with van der Waals surface area (Å²) < 4.78 is 16.9. The van der Waals surface area contributed by atoms with Gasteiger partial charge < -0.3 is 24.1 Å². The molecule has 0 atom stereocenters. The molecule has 9 nitrogen and oxygen atoms in total. The molecule has 3 aromatic rings. The van der Waals surface area contributed by atoms with E-state index >= 15 is 0 Å². The van der Waals surface area contributed by atoms with Crippen LogP contribution in [0.15, 0.2) is 59.0 Å². The maximum Gasteiger partial charge on any atom is 0.287 e. The second-order valence-electron chi connectivity index (χ2n) is 9.02. The van der Waals surface area contributed by atoms with Gasteiger partial charge in [0.15, 0.2) is 24.8 Å². The van der Waals surface area contributed by atoms with Gasteiger partial charge in [-0.2, -0.15) is 0 Å². The van der Waals surface area contributed by atoms with Crippen molar-refractivity contribution in [1.29, 1.82) is 0 Å². The number of anilines is 1. The van der Waals surface area contributed by atoms with Crippen LogP contribution in [0.5, 0.6) is 11.5 Å². The molecule has 0 saturated heterocycles. The number of hydrogen-bond donors (Lipinski definition) is 1. The lowest BCUT2D eigenvalue weighted by Crippen LogP contribution is -2.38. The second kappa shape index (κ2) is 12.4. The van der Waals surface area contributed by atoms with E-state index in [0.29, 0.717) is 35.1 Å². The van der Waals surface area contributed by atoms with Crippen molar-refractivity contribution < 1.29 is 28.3 Å². The fourth-order valence-corrected chi connectivity index (χ4v) is 4.11. The van der Waals surface area contributed by atoms with Gasteiger partial charge in [0, 0.05) is 18.7 Å². The Morgan fingerprint density at radius 3 is 2.55 bits per heavy atom. The molecule has 2 amide bonds. The van der Waals surface area contributed by atoms with Gasteiger partial charge in [-0.25, -0.2) is 0 Å². The quantitative estimate of drug-likeness (QED) is 0.363. The van der Waals surface area contributed by atoms with Gasteiger partial charge in [0.1, 0.15) is 17.3 Å². The van der Waals surface area contributed by atoms with Gasteiger partial charge in [0.05, 0.1) is 12.2 Å². The Morgan fingerprint density at radius 1 is 1.05 bits per heavy atom. The van der Waals surface area contributed by atoms with Crippen LogP contribution in [0.2, 0.25) is 0 Å². The molecule has 2 heterocycles. The van der Waals surface area contributed by atoms with Crippen LogP contribution in [-0.4, -0.2) is 61.9 Å². The van der Waals surface area contributed by atoms with Crippen LogP contribution in [0.4, 0.5) is 5.69 Å². The molecule has 1 N–H and O–H groups in total. The molecule has 1 aliphatic rings. The largest absolute Gasteiger partial charge is 0.485 e. The molecule has 200 valence electrons. The number of hydrogen-bond acceptors (Lipinski definition) is 7. The fraction of sp³-hybridized carbons (Fsp3) is 0.345. The summed E-state index contributed by atoms with van der Waals surface area (Å²) in [6, 6.07) is 15.7. The van der Waals surface area contributed by atoms with Gasteiger partial charge >= 0.3 is 0 Å². The third-order valence-corrected chi connectivity index (χ3v) is 6.42. The minimum absolute atomic E-state index is 0.0967. The molecule has 0 unspecified atom stereocenters. The number of amides is 2. The van der Waals surface area contributed by atoms with Crippen LogP contribution < -0.4 is 19.7 Å². The van der Waals surface area contributed by atoms with Crippen molar-refractivity contribution >= 4 is 23.3 Å². The number of ketones is 1. The summed E-state index contributed by atoms with van der Waals surface area (Å²) in [5, 5.41) is 2.86. The monoisotopic (exact) mass is 519 g/mol. The van der Waals surface area contributed by atoms with Crippen LogP contribution in [0.25, 0.3) is 0 Å². The van der Waals surface area contributed by atoms with E-state index in [0.717, 1.165) is 25.2 Å². The predicted molar refractivity (Wildman–Crippen MR) is 143 cm³/mol. The average Bonchev–Trinajstić information content (AvgIpc) is 3.41. The maximum absolute atomic E-state index is 12.8. The molecule has 38 heavy (non-hydrogen) atoms. The molecule has 1 aromatic heterocycles.